The standard InChI is InChI=1S/C10H13N5/c1-7-3-8(10(11)12-5-7)4-9-6-15(2)14-13-9/h3,5-6H,4H2,1-2H3,(H2,11,12). The molecule has 15 heavy (non-hydrogen) atoms. The summed E-state index contributed by atoms with van der Waals surface area (Å²) in [5.74, 6) is 0.561. The fourth-order valence-corrected chi connectivity index (χ4v) is 1.45. The Morgan fingerprint density at radius 3 is 2.93 bits per heavy atom. The lowest BCUT2D eigenvalue weighted by Gasteiger charge is -2.03. The van der Waals surface area contributed by atoms with Gasteiger partial charge in [-0.05, 0) is 12.5 Å². The first-order valence-corrected chi connectivity index (χ1v) is 4.71. The van der Waals surface area contributed by atoms with Crippen molar-refractivity contribution in [2.75, 3.05) is 5.73 Å². The van der Waals surface area contributed by atoms with E-state index in [1.807, 2.05) is 26.2 Å². The molecule has 0 aliphatic rings. The van der Waals surface area contributed by atoms with Crippen LogP contribution in [0, 0.1) is 6.92 Å². The van der Waals surface area contributed by atoms with Crippen molar-refractivity contribution in [3.05, 3.63) is 35.3 Å². The lowest BCUT2D eigenvalue weighted by Crippen LogP contribution is -1.99. The van der Waals surface area contributed by atoms with Crippen molar-refractivity contribution in [1.82, 2.24) is 20.0 Å². The topological polar surface area (TPSA) is 69.6 Å². The quantitative estimate of drug-likeness (QED) is 0.779. The van der Waals surface area contributed by atoms with Crippen LogP contribution in [-0.2, 0) is 13.5 Å². The number of hydrogen-bond acceptors (Lipinski definition) is 4. The Kier molecular flexibility index (Phi) is 2.37. The zero-order valence-corrected chi connectivity index (χ0v) is 8.81. The van der Waals surface area contributed by atoms with Gasteiger partial charge in [0, 0.05) is 31.4 Å². The molecule has 78 valence electrons. The van der Waals surface area contributed by atoms with Crippen LogP contribution in [0.15, 0.2) is 18.5 Å². The van der Waals surface area contributed by atoms with Crippen LogP contribution in [0.2, 0.25) is 0 Å². The molecule has 5 nitrogen and oxygen atoms in total. The second kappa shape index (κ2) is 3.68. The third-order valence-corrected chi connectivity index (χ3v) is 2.16. The molecule has 2 rings (SSSR count). The number of nitrogen functional groups attached to an aromatic ring is 1. The molecule has 0 aliphatic carbocycles. The Hall–Kier alpha value is -1.91. The minimum absolute atomic E-state index is 0.561. The van der Waals surface area contributed by atoms with Crippen LogP contribution in [0.1, 0.15) is 16.8 Å². The van der Waals surface area contributed by atoms with Gasteiger partial charge in [0.25, 0.3) is 0 Å². The van der Waals surface area contributed by atoms with E-state index < -0.39 is 0 Å². The molecule has 2 heterocycles. The number of aryl methyl sites for hydroxylation is 2. The zero-order valence-electron chi connectivity index (χ0n) is 8.81. The van der Waals surface area contributed by atoms with E-state index >= 15 is 0 Å². The third-order valence-electron chi connectivity index (χ3n) is 2.16. The Bertz CT molecular complexity index is 474. The SMILES string of the molecule is Cc1cnc(N)c(Cc2cn(C)nn2)c1. The number of anilines is 1. The van der Waals surface area contributed by atoms with E-state index in [9.17, 15) is 0 Å². The van der Waals surface area contributed by atoms with E-state index in [0.717, 1.165) is 16.8 Å². The highest BCUT2D eigenvalue weighted by Gasteiger charge is 2.05. The van der Waals surface area contributed by atoms with Gasteiger partial charge in [0.1, 0.15) is 5.82 Å². The van der Waals surface area contributed by atoms with Gasteiger partial charge in [-0.25, -0.2) is 4.98 Å². The second-order valence-electron chi connectivity index (χ2n) is 3.62. The van der Waals surface area contributed by atoms with Crippen molar-refractivity contribution in [3.63, 3.8) is 0 Å². The average Bonchev–Trinajstić information content (AvgIpc) is 2.58. The van der Waals surface area contributed by atoms with E-state index in [1.54, 1.807) is 10.9 Å². The molecule has 0 atom stereocenters. The molecule has 2 N–H and O–H groups in total. The van der Waals surface area contributed by atoms with Gasteiger partial charge in [-0.15, -0.1) is 5.10 Å². The van der Waals surface area contributed by atoms with Crippen molar-refractivity contribution in [1.29, 1.82) is 0 Å². The molecular weight excluding hydrogens is 190 g/mol. The maximum atomic E-state index is 5.78. The summed E-state index contributed by atoms with van der Waals surface area (Å²) in [5, 5.41) is 7.88. The molecule has 5 heteroatoms. The van der Waals surface area contributed by atoms with Gasteiger partial charge >= 0.3 is 0 Å². The summed E-state index contributed by atoms with van der Waals surface area (Å²) in [4.78, 5) is 4.10. The molecule has 0 fully saturated rings. The van der Waals surface area contributed by atoms with Crippen molar-refractivity contribution < 1.29 is 0 Å². The molecule has 0 radical (unpaired) electrons. The van der Waals surface area contributed by atoms with E-state index in [0.29, 0.717) is 12.2 Å². The Labute approximate surface area is 87.9 Å². The van der Waals surface area contributed by atoms with Crippen molar-refractivity contribution in [2.45, 2.75) is 13.3 Å². The highest BCUT2D eigenvalue weighted by atomic mass is 15.4. The van der Waals surface area contributed by atoms with Crippen LogP contribution < -0.4 is 5.73 Å². The van der Waals surface area contributed by atoms with Crippen molar-refractivity contribution >= 4 is 5.82 Å². The summed E-state index contributed by atoms with van der Waals surface area (Å²) in [7, 11) is 1.84. The molecule has 0 aliphatic heterocycles. The number of aromatic nitrogens is 4. The lowest BCUT2D eigenvalue weighted by atomic mass is 10.1. The second-order valence-corrected chi connectivity index (χ2v) is 3.62. The molecule has 0 aromatic carbocycles. The largest absolute Gasteiger partial charge is 0.383 e. The van der Waals surface area contributed by atoms with E-state index in [4.69, 9.17) is 5.73 Å². The molecule has 0 amide bonds. The summed E-state index contributed by atoms with van der Waals surface area (Å²) in [6.07, 6.45) is 4.31. The first-order valence-electron chi connectivity index (χ1n) is 4.71. The first kappa shape index (κ1) is 9.64. The monoisotopic (exact) mass is 203 g/mol. The van der Waals surface area contributed by atoms with Gasteiger partial charge in [-0.3, -0.25) is 4.68 Å². The van der Waals surface area contributed by atoms with Crippen LogP contribution in [0.5, 0.6) is 0 Å². The molecule has 0 saturated heterocycles. The summed E-state index contributed by atoms with van der Waals surface area (Å²) in [6, 6.07) is 2.02. The highest BCUT2D eigenvalue weighted by molar-refractivity contribution is 5.42. The van der Waals surface area contributed by atoms with Crippen molar-refractivity contribution in [2.24, 2.45) is 7.05 Å². The zero-order chi connectivity index (χ0) is 10.8. The van der Waals surface area contributed by atoms with Crippen LogP contribution >= 0.6 is 0 Å². The molecule has 2 aromatic rings. The van der Waals surface area contributed by atoms with E-state index in [-0.39, 0.29) is 0 Å². The van der Waals surface area contributed by atoms with Crippen LogP contribution in [-0.4, -0.2) is 20.0 Å². The predicted molar refractivity (Wildman–Crippen MR) is 57.2 cm³/mol. The maximum Gasteiger partial charge on any atom is 0.126 e. The van der Waals surface area contributed by atoms with E-state index in [2.05, 4.69) is 15.3 Å². The molecule has 0 spiro atoms. The highest BCUT2D eigenvalue weighted by Crippen LogP contribution is 2.13. The van der Waals surface area contributed by atoms with Crippen LogP contribution in [0.25, 0.3) is 0 Å². The average molecular weight is 203 g/mol. The Morgan fingerprint density at radius 2 is 2.27 bits per heavy atom. The first-order chi connectivity index (χ1) is 7.15. The number of pyridine rings is 1. The summed E-state index contributed by atoms with van der Waals surface area (Å²) in [6.45, 7) is 1.99. The minimum atomic E-state index is 0.561. The number of hydrogen-bond donors (Lipinski definition) is 1. The van der Waals surface area contributed by atoms with Gasteiger partial charge in [0.05, 0.1) is 5.69 Å². The number of nitrogens with zero attached hydrogens (tertiary/aromatic N) is 4. The minimum Gasteiger partial charge on any atom is -0.383 e. The van der Waals surface area contributed by atoms with Crippen LogP contribution in [0.3, 0.4) is 0 Å². The van der Waals surface area contributed by atoms with Crippen molar-refractivity contribution in [3.8, 4) is 0 Å². The molecule has 0 bridgehead atoms. The smallest absolute Gasteiger partial charge is 0.126 e. The normalized spacial score (nSPS) is 10.5. The fraction of sp³-hybridized carbons (Fsp3) is 0.300. The third kappa shape index (κ3) is 2.12. The Morgan fingerprint density at radius 1 is 1.47 bits per heavy atom. The summed E-state index contributed by atoms with van der Waals surface area (Å²) in [5.41, 5.74) is 8.77. The molecule has 2 aromatic heterocycles. The van der Waals surface area contributed by atoms with Crippen LogP contribution in [0.4, 0.5) is 5.82 Å². The van der Waals surface area contributed by atoms with Gasteiger partial charge in [-0.2, -0.15) is 0 Å². The predicted octanol–water partition coefficient (Wildman–Crippen LogP) is 0.692. The number of nitrogens with two attached hydrogens (primary N) is 1. The number of rotatable bonds is 2. The fourth-order valence-electron chi connectivity index (χ4n) is 1.45. The summed E-state index contributed by atoms with van der Waals surface area (Å²) < 4.78 is 1.68. The van der Waals surface area contributed by atoms with Gasteiger partial charge < -0.3 is 5.73 Å². The van der Waals surface area contributed by atoms with Gasteiger partial charge in [0.2, 0.25) is 0 Å². The summed E-state index contributed by atoms with van der Waals surface area (Å²) >= 11 is 0. The Balaban J connectivity index is 2.27. The van der Waals surface area contributed by atoms with E-state index in [1.165, 1.54) is 0 Å². The molecule has 0 saturated carbocycles. The lowest BCUT2D eigenvalue weighted by molar-refractivity contribution is 0.713. The molecule has 0 unspecified atom stereocenters. The van der Waals surface area contributed by atoms with Gasteiger partial charge in [-0.1, -0.05) is 11.3 Å². The maximum absolute atomic E-state index is 5.78. The molecular formula is C10H13N5. The van der Waals surface area contributed by atoms with Gasteiger partial charge in [0.15, 0.2) is 0 Å².